The molecule has 0 saturated heterocycles. The summed E-state index contributed by atoms with van der Waals surface area (Å²) in [4.78, 5) is 11.2. The van der Waals surface area contributed by atoms with Crippen LogP contribution in [-0.2, 0) is 4.79 Å². The summed E-state index contributed by atoms with van der Waals surface area (Å²) >= 11 is 0. The molecule has 5 unspecified atom stereocenters. The number of hydrogen-bond donors (Lipinski definition) is 1. The number of carbonyl (C=O) groups is 1. The molecule has 1 fully saturated rings. The number of aliphatic hydroxyl groups is 1. The minimum Gasteiger partial charge on any atom is -0.550 e. The highest BCUT2D eigenvalue weighted by atomic mass is 16.4. The van der Waals surface area contributed by atoms with Crippen molar-refractivity contribution in [1.29, 1.82) is 0 Å². The molecule has 1 N–H and O–H groups in total. The Balaban J connectivity index is 2.90. The van der Waals surface area contributed by atoms with Crippen LogP contribution < -0.4 is 5.11 Å². The topological polar surface area (TPSA) is 60.4 Å². The third-order valence-corrected chi connectivity index (χ3v) is 4.33. The molecular formula is C14H25O3-. The first-order valence-electron chi connectivity index (χ1n) is 6.73. The van der Waals surface area contributed by atoms with Crippen molar-refractivity contribution in [3.63, 3.8) is 0 Å². The van der Waals surface area contributed by atoms with E-state index in [0.717, 1.165) is 12.8 Å². The van der Waals surface area contributed by atoms with Crippen molar-refractivity contribution in [2.75, 3.05) is 0 Å². The number of carboxylic acid groups (broad SMARTS) is 1. The first kappa shape index (κ1) is 14.5. The Bertz CT molecular complexity index is 260. The number of rotatable bonds is 4. The lowest BCUT2D eigenvalue weighted by molar-refractivity contribution is -0.317. The first-order valence-corrected chi connectivity index (χ1v) is 6.73. The third kappa shape index (κ3) is 3.44. The summed E-state index contributed by atoms with van der Waals surface area (Å²) in [5.41, 5.74) is 0. The van der Waals surface area contributed by atoms with E-state index in [-0.39, 0.29) is 5.92 Å². The van der Waals surface area contributed by atoms with Crippen molar-refractivity contribution in [2.24, 2.45) is 29.6 Å². The third-order valence-electron chi connectivity index (χ3n) is 4.33. The van der Waals surface area contributed by atoms with Gasteiger partial charge in [-0.25, -0.2) is 0 Å². The van der Waals surface area contributed by atoms with Crippen LogP contribution >= 0.6 is 0 Å². The van der Waals surface area contributed by atoms with Gasteiger partial charge in [0, 0.05) is 11.9 Å². The van der Waals surface area contributed by atoms with Gasteiger partial charge in [0.05, 0.1) is 6.10 Å². The fourth-order valence-corrected chi connectivity index (χ4v) is 3.42. The van der Waals surface area contributed by atoms with Gasteiger partial charge in [0.15, 0.2) is 0 Å². The van der Waals surface area contributed by atoms with Crippen molar-refractivity contribution in [3.05, 3.63) is 0 Å². The van der Waals surface area contributed by atoms with E-state index in [2.05, 4.69) is 20.8 Å². The predicted octanol–water partition coefficient (Wildman–Crippen LogP) is 1.44. The van der Waals surface area contributed by atoms with Crippen LogP contribution in [0.5, 0.6) is 0 Å². The monoisotopic (exact) mass is 241 g/mol. The van der Waals surface area contributed by atoms with Crippen LogP contribution in [0.25, 0.3) is 0 Å². The van der Waals surface area contributed by atoms with Crippen LogP contribution in [0, 0.1) is 29.6 Å². The lowest BCUT2D eigenvalue weighted by Gasteiger charge is -2.43. The molecule has 0 aromatic rings. The van der Waals surface area contributed by atoms with Crippen molar-refractivity contribution in [2.45, 2.75) is 53.1 Å². The van der Waals surface area contributed by atoms with Crippen molar-refractivity contribution in [3.8, 4) is 0 Å². The average Bonchev–Trinajstić information content (AvgIpc) is 2.15. The Morgan fingerprint density at radius 1 is 1.24 bits per heavy atom. The molecule has 0 aromatic heterocycles. The van der Waals surface area contributed by atoms with Gasteiger partial charge in [-0.2, -0.15) is 0 Å². The van der Waals surface area contributed by atoms with E-state index in [0.29, 0.717) is 17.8 Å². The van der Waals surface area contributed by atoms with Gasteiger partial charge >= 0.3 is 0 Å². The molecule has 3 heteroatoms. The maximum atomic E-state index is 11.2. The van der Waals surface area contributed by atoms with Gasteiger partial charge in [-0.05, 0) is 43.4 Å². The zero-order valence-electron chi connectivity index (χ0n) is 11.3. The summed E-state index contributed by atoms with van der Waals surface area (Å²) in [7, 11) is 0. The summed E-state index contributed by atoms with van der Waals surface area (Å²) < 4.78 is 0. The molecule has 3 nitrogen and oxygen atoms in total. The summed E-state index contributed by atoms with van der Waals surface area (Å²) in [6.45, 7) is 8.01. The number of carboxylic acids is 1. The van der Waals surface area contributed by atoms with Gasteiger partial charge in [0.25, 0.3) is 0 Å². The second kappa shape index (κ2) is 5.85. The maximum Gasteiger partial charge on any atom is 0.0595 e. The maximum absolute atomic E-state index is 11.2. The normalized spacial score (nSPS) is 33.4. The number of carbonyl (C=O) groups excluding carboxylic acids is 1. The first-order chi connectivity index (χ1) is 7.84. The summed E-state index contributed by atoms with van der Waals surface area (Å²) in [6.07, 6.45) is 2.31. The fourth-order valence-electron chi connectivity index (χ4n) is 3.42. The summed E-state index contributed by atoms with van der Waals surface area (Å²) in [6, 6.07) is 0. The van der Waals surface area contributed by atoms with E-state index in [1.807, 2.05) is 0 Å². The molecule has 5 atom stereocenters. The molecule has 0 heterocycles. The molecule has 0 spiro atoms. The SMILES string of the molecule is CC1CCC(C(C)C)C(C(C(=O)[O-])C(C)O)C1. The molecule has 100 valence electrons. The van der Waals surface area contributed by atoms with Crippen LogP contribution in [0.15, 0.2) is 0 Å². The van der Waals surface area contributed by atoms with Crippen LogP contribution in [0.1, 0.15) is 47.0 Å². The Kier molecular flexibility index (Phi) is 4.99. The molecule has 0 aliphatic heterocycles. The smallest absolute Gasteiger partial charge is 0.0595 e. The molecular weight excluding hydrogens is 216 g/mol. The Hall–Kier alpha value is -0.570. The van der Waals surface area contributed by atoms with Crippen molar-refractivity contribution in [1.82, 2.24) is 0 Å². The number of hydrogen-bond acceptors (Lipinski definition) is 3. The van der Waals surface area contributed by atoms with Crippen LogP contribution in [0.3, 0.4) is 0 Å². The summed E-state index contributed by atoms with van der Waals surface area (Å²) in [5, 5.41) is 20.9. The van der Waals surface area contributed by atoms with E-state index >= 15 is 0 Å². The highest BCUT2D eigenvalue weighted by molar-refractivity contribution is 5.68. The number of aliphatic hydroxyl groups excluding tert-OH is 1. The van der Waals surface area contributed by atoms with Crippen LogP contribution in [0.2, 0.25) is 0 Å². The van der Waals surface area contributed by atoms with E-state index < -0.39 is 18.0 Å². The van der Waals surface area contributed by atoms with Crippen LogP contribution in [0.4, 0.5) is 0 Å². The molecule has 0 bridgehead atoms. The molecule has 1 aliphatic carbocycles. The second-order valence-electron chi connectivity index (χ2n) is 6.08. The Morgan fingerprint density at radius 3 is 2.24 bits per heavy atom. The minimum atomic E-state index is -1.09. The minimum absolute atomic E-state index is 0.0590. The summed E-state index contributed by atoms with van der Waals surface area (Å²) in [5.74, 6) is -0.342. The molecule has 0 amide bonds. The molecule has 0 aromatic carbocycles. The van der Waals surface area contributed by atoms with Gasteiger partial charge in [-0.3, -0.25) is 0 Å². The zero-order valence-corrected chi connectivity index (χ0v) is 11.3. The highest BCUT2D eigenvalue weighted by Gasteiger charge is 2.38. The molecule has 0 radical (unpaired) electrons. The predicted molar refractivity (Wildman–Crippen MR) is 65.0 cm³/mol. The molecule has 1 saturated carbocycles. The lowest BCUT2D eigenvalue weighted by Crippen LogP contribution is -2.47. The van der Waals surface area contributed by atoms with E-state index in [1.165, 1.54) is 6.42 Å². The average molecular weight is 241 g/mol. The fraction of sp³-hybridized carbons (Fsp3) is 0.929. The quantitative estimate of drug-likeness (QED) is 0.810. The van der Waals surface area contributed by atoms with Crippen molar-refractivity contribution < 1.29 is 15.0 Å². The second-order valence-corrected chi connectivity index (χ2v) is 6.08. The lowest BCUT2D eigenvalue weighted by atomic mass is 9.64. The van der Waals surface area contributed by atoms with Gasteiger partial charge in [-0.1, -0.05) is 27.2 Å². The zero-order chi connectivity index (χ0) is 13.2. The Labute approximate surface area is 104 Å². The highest BCUT2D eigenvalue weighted by Crippen LogP contribution is 2.42. The van der Waals surface area contributed by atoms with E-state index in [9.17, 15) is 15.0 Å². The van der Waals surface area contributed by atoms with Crippen molar-refractivity contribution >= 4 is 5.97 Å². The Morgan fingerprint density at radius 2 is 1.82 bits per heavy atom. The molecule has 17 heavy (non-hydrogen) atoms. The van der Waals surface area contributed by atoms with E-state index in [4.69, 9.17) is 0 Å². The standard InChI is InChI=1S/C14H26O3/c1-8(2)11-6-5-9(3)7-12(11)13(10(4)15)14(16)17/h8-13,15H,5-7H2,1-4H3,(H,16,17)/p-1. The van der Waals surface area contributed by atoms with Crippen LogP contribution in [-0.4, -0.2) is 17.2 Å². The largest absolute Gasteiger partial charge is 0.550 e. The number of aliphatic carboxylic acids is 1. The molecule has 1 rings (SSSR count). The van der Waals surface area contributed by atoms with Gasteiger partial charge < -0.3 is 15.0 Å². The molecule has 1 aliphatic rings. The van der Waals surface area contributed by atoms with Gasteiger partial charge in [0.1, 0.15) is 0 Å². The van der Waals surface area contributed by atoms with E-state index in [1.54, 1.807) is 6.92 Å². The van der Waals surface area contributed by atoms with Gasteiger partial charge in [-0.15, -0.1) is 0 Å². The van der Waals surface area contributed by atoms with Gasteiger partial charge in [0.2, 0.25) is 0 Å².